The number of aromatic nitrogens is 2. The number of hydrogen-bond acceptors (Lipinski definition) is 3. The molecule has 2 aromatic rings. The maximum Gasteiger partial charge on any atom is 0.103 e. The highest BCUT2D eigenvalue weighted by atomic mass is 16.3. The van der Waals surface area contributed by atoms with Gasteiger partial charge in [0.05, 0.1) is 18.3 Å². The van der Waals surface area contributed by atoms with Crippen molar-refractivity contribution < 1.29 is 4.42 Å². The highest BCUT2D eigenvalue weighted by Crippen LogP contribution is 2.19. The number of nitrogens with zero attached hydrogens (tertiary/aromatic N) is 2. The molecule has 0 amide bonds. The minimum atomic E-state index is 0.0172. The first-order valence-electron chi connectivity index (χ1n) is 5.98. The van der Waals surface area contributed by atoms with E-state index in [4.69, 9.17) is 10.2 Å². The smallest absolute Gasteiger partial charge is 0.103 e. The van der Waals surface area contributed by atoms with Crippen molar-refractivity contribution in [3.63, 3.8) is 0 Å². The molecule has 92 valence electrons. The van der Waals surface area contributed by atoms with Crippen molar-refractivity contribution in [2.75, 3.05) is 0 Å². The zero-order chi connectivity index (χ0) is 12.3. The lowest BCUT2D eigenvalue weighted by Gasteiger charge is -2.17. The standard InChI is InChI=1S/C13H19N3O/c1-10(5-6-12-4-3-7-17-12)16-9-15-8-13(16)11(2)14/h3-4,7-11H,5-6,14H2,1-2H3/t10?,11-/m0/s1. The molecular weight excluding hydrogens is 214 g/mol. The summed E-state index contributed by atoms with van der Waals surface area (Å²) >= 11 is 0. The van der Waals surface area contributed by atoms with E-state index >= 15 is 0 Å². The maximum absolute atomic E-state index is 5.91. The van der Waals surface area contributed by atoms with Crippen LogP contribution in [0.3, 0.4) is 0 Å². The fourth-order valence-electron chi connectivity index (χ4n) is 1.98. The Morgan fingerprint density at radius 2 is 2.29 bits per heavy atom. The Kier molecular flexibility index (Phi) is 3.64. The zero-order valence-corrected chi connectivity index (χ0v) is 10.3. The first kappa shape index (κ1) is 11.9. The van der Waals surface area contributed by atoms with Gasteiger partial charge in [0, 0.05) is 24.7 Å². The van der Waals surface area contributed by atoms with E-state index in [0.717, 1.165) is 24.3 Å². The molecule has 0 aliphatic carbocycles. The van der Waals surface area contributed by atoms with Crippen LogP contribution in [0.2, 0.25) is 0 Å². The highest BCUT2D eigenvalue weighted by Gasteiger charge is 2.12. The molecule has 2 atom stereocenters. The van der Waals surface area contributed by atoms with Crippen molar-refractivity contribution in [3.8, 4) is 0 Å². The van der Waals surface area contributed by atoms with Gasteiger partial charge in [0.2, 0.25) is 0 Å². The summed E-state index contributed by atoms with van der Waals surface area (Å²) in [5.41, 5.74) is 6.99. The molecule has 0 aliphatic heterocycles. The van der Waals surface area contributed by atoms with E-state index in [1.54, 1.807) is 6.26 Å². The van der Waals surface area contributed by atoms with Crippen LogP contribution in [-0.2, 0) is 6.42 Å². The van der Waals surface area contributed by atoms with Gasteiger partial charge in [0.25, 0.3) is 0 Å². The maximum atomic E-state index is 5.91. The Morgan fingerprint density at radius 1 is 1.47 bits per heavy atom. The third-order valence-corrected chi connectivity index (χ3v) is 3.03. The van der Waals surface area contributed by atoms with Crippen LogP contribution < -0.4 is 5.73 Å². The molecule has 1 unspecified atom stereocenters. The van der Waals surface area contributed by atoms with E-state index in [9.17, 15) is 0 Å². The monoisotopic (exact) mass is 233 g/mol. The van der Waals surface area contributed by atoms with E-state index in [1.165, 1.54) is 0 Å². The van der Waals surface area contributed by atoms with Crippen molar-refractivity contribution in [2.24, 2.45) is 5.73 Å². The molecule has 0 saturated heterocycles. The Morgan fingerprint density at radius 3 is 2.94 bits per heavy atom. The van der Waals surface area contributed by atoms with E-state index in [2.05, 4.69) is 16.5 Å². The van der Waals surface area contributed by atoms with Crippen LogP contribution in [0.25, 0.3) is 0 Å². The average molecular weight is 233 g/mol. The molecule has 0 bridgehead atoms. The molecule has 4 nitrogen and oxygen atoms in total. The van der Waals surface area contributed by atoms with E-state index in [-0.39, 0.29) is 6.04 Å². The normalized spacial score (nSPS) is 14.8. The van der Waals surface area contributed by atoms with E-state index < -0.39 is 0 Å². The van der Waals surface area contributed by atoms with Crippen LogP contribution >= 0.6 is 0 Å². The fraction of sp³-hybridized carbons (Fsp3) is 0.462. The van der Waals surface area contributed by atoms with Crippen LogP contribution in [0.4, 0.5) is 0 Å². The van der Waals surface area contributed by atoms with Gasteiger partial charge in [-0.3, -0.25) is 0 Å². The lowest BCUT2D eigenvalue weighted by Crippen LogP contribution is -2.15. The van der Waals surface area contributed by atoms with Crippen LogP contribution in [0.1, 0.15) is 43.8 Å². The number of imidazole rings is 1. The molecule has 0 fully saturated rings. The molecule has 0 spiro atoms. The quantitative estimate of drug-likeness (QED) is 0.863. The van der Waals surface area contributed by atoms with Crippen LogP contribution in [-0.4, -0.2) is 9.55 Å². The van der Waals surface area contributed by atoms with Crippen molar-refractivity contribution >= 4 is 0 Å². The first-order chi connectivity index (χ1) is 8.18. The van der Waals surface area contributed by atoms with E-state index in [0.29, 0.717) is 6.04 Å². The van der Waals surface area contributed by atoms with Gasteiger partial charge in [-0.15, -0.1) is 0 Å². The van der Waals surface area contributed by atoms with Crippen molar-refractivity contribution in [1.29, 1.82) is 0 Å². The van der Waals surface area contributed by atoms with Gasteiger partial charge < -0.3 is 14.7 Å². The van der Waals surface area contributed by atoms with Gasteiger partial charge in [0.1, 0.15) is 5.76 Å². The molecule has 0 radical (unpaired) electrons. The molecule has 17 heavy (non-hydrogen) atoms. The molecule has 2 N–H and O–H groups in total. The van der Waals surface area contributed by atoms with E-state index in [1.807, 2.05) is 31.6 Å². The predicted octanol–water partition coefficient (Wildman–Crippen LogP) is 2.69. The zero-order valence-electron chi connectivity index (χ0n) is 10.3. The molecule has 2 heterocycles. The molecule has 0 aliphatic rings. The van der Waals surface area contributed by atoms with Gasteiger partial charge >= 0.3 is 0 Å². The summed E-state index contributed by atoms with van der Waals surface area (Å²) in [5.74, 6) is 1.03. The Hall–Kier alpha value is -1.55. The summed E-state index contributed by atoms with van der Waals surface area (Å²) in [4.78, 5) is 4.17. The van der Waals surface area contributed by atoms with Gasteiger partial charge in [-0.25, -0.2) is 4.98 Å². The lowest BCUT2D eigenvalue weighted by atomic mass is 10.1. The second-order valence-electron chi connectivity index (χ2n) is 4.48. The van der Waals surface area contributed by atoms with Crippen LogP contribution in [0.15, 0.2) is 35.3 Å². The second kappa shape index (κ2) is 5.19. The molecule has 0 aromatic carbocycles. The molecule has 0 saturated carbocycles. The number of aryl methyl sites for hydroxylation is 1. The largest absolute Gasteiger partial charge is 0.469 e. The fourth-order valence-corrected chi connectivity index (χ4v) is 1.98. The summed E-state index contributed by atoms with van der Waals surface area (Å²) in [6.45, 7) is 4.16. The number of rotatable bonds is 5. The Bertz CT molecular complexity index is 445. The van der Waals surface area contributed by atoms with Crippen molar-refractivity contribution in [1.82, 2.24) is 9.55 Å². The summed E-state index contributed by atoms with van der Waals surface area (Å²) in [6, 6.07) is 4.32. The van der Waals surface area contributed by atoms with Gasteiger partial charge in [-0.2, -0.15) is 0 Å². The number of hydrogen-bond donors (Lipinski definition) is 1. The number of furan rings is 1. The predicted molar refractivity (Wildman–Crippen MR) is 66.6 cm³/mol. The molecule has 4 heteroatoms. The Balaban J connectivity index is 1.99. The average Bonchev–Trinajstić information content (AvgIpc) is 2.96. The van der Waals surface area contributed by atoms with Gasteiger partial charge in [-0.1, -0.05) is 0 Å². The molecular formula is C13H19N3O. The summed E-state index contributed by atoms with van der Waals surface area (Å²) < 4.78 is 7.48. The summed E-state index contributed by atoms with van der Waals surface area (Å²) in [7, 11) is 0. The third-order valence-electron chi connectivity index (χ3n) is 3.03. The van der Waals surface area contributed by atoms with Crippen molar-refractivity contribution in [3.05, 3.63) is 42.4 Å². The third kappa shape index (κ3) is 2.77. The molecule has 2 aromatic heterocycles. The van der Waals surface area contributed by atoms with Crippen molar-refractivity contribution in [2.45, 2.75) is 38.8 Å². The summed E-state index contributed by atoms with van der Waals surface area (Å²) in [5, 5.41) is 0. The lowest BCUT2D eigenvalue weighted by molar-refractivity contribution is 0.441. The SMILES string of the molecule is CC(CCc1ccco1)n1cncc1[C@H](C)N. The van der Waals surface area contributed by atoms with Crippen LogP contribution in [0, 0.1) is 0 Å². The van der Waals surface area contributed by atoms with Crippen LogP contribution in [0.5, 0.6) is 0 Å². The Labute approximate surface area is 101 Å². The topological polar surface area (TPSA) is 57.0 Å². The molecule has 2 rings (SSSR count). The van der Waals surface area contributed by atoms with Gasteiger partial charge in [-0.05, 0) is 32.4 Å². The number of nitrogens with two attached hydrogens (primary N) is 1. The minimum Gasteiger partial charge on any atom is -0.469 e. The minimum absolute atomic E-state index is 0.0172. The van der Waals surface area contributed by atoms with Gasteiger partial charge in [0.15, 0.2) is 0 Å². The first-order valence-corrected chi connectivity index (χ1v) is 5.98. The summed E-state index contributed by atoms with van der Waals surface area (Å²) in [6.07, 6.45) is 7.36. The second-order valence-corrected chi connectivity index (χ2v) is 4.48. The highest BCUT2D eigenvalue weighted by molar-refractivity contribution is 5.05.